The quantitative estimate of drug-likeness (QED) is 0.417. The van der Waals surface area contributed by atoms with Crippen LogP contribution in [0, 0.1) is 11.8 Å². The SMILES string of the molecule is CO[C@@H]1[C@H](N2CC(CCN3CCSCC3)C2)CC[C@]2(CO2)[C@H]1[C@@]1(C)O[C@@H]1CC=C(C)C. The number of hydrogen-bond donors (Lipinski definition) is 0. The molecule has 4 aliphatic heterocycles. The Hall–Kier alpha value is -0.110. The van der Waals surface area contributed by atoms with Gasteiger partial charge in [-0.2, -0.15) is 11.8 Å². The molecule has 31 heavy (non-hydrogen) atoms. The number of likely N-dealkylation sites (tertiary alicyclic amines) is 1. The summed E-state index contributed by atoms with van der Waals surface area (Å²) in [7, 11) is 1.91. The van der Waals surface area contributed by atoms with Crippen LogP contribution in [0.1, 0.15) is 46.5 Å². The van der Waals surface area contributed by atoms with E-state index >= 15 is 0 Å². The second-order valence-corrected chi connectivity index (χ2v) is 12.2. The minimum absolute atomic E-state index is 0.00218. The fourth-order valence-corrected chi connectivity index (χ4v) is 7.58. The number of thioether (sulfide) groups is 1. The van der Waals surface area contributed by atoms with E-state index in [1.807, 2.05) is 7.11 Å². The highest BCUT2D eigenvalue weighted by Gasteiger charge is 2.72. The molecule has 0 aromatic rings. The van der Waals surface area contributed by atoms with Crippen LogP contribution in [-0.2, 0) is 14.2 Å². The van der Waals surface area contributed by atoms with Gasteiger partial charge in [0.05, 0.1) is 24.4 Å². The molecule has 4 heterocycles. The molecule has 5 nitrogen and oxygen atoms in total. The maximum atomic E-state index is 6.38. The molecule has 0 N–H and O–H groups in total. The van der Waals surface area contributed by atoms with E-state index in [0.717, 1.165) is 25.4 Å². The van der Waals surface area contributed by atoms with Gasteiger partial charge in [-0.25, -0.2) is 0 Å². The summed E-state index contributed by atoms with van der Waals surface area (Å²) < 4.78 is 18.8. The van der Waals surface area contributed by atoms with Crippen molar-refractivity contribution in [1.82, 2.24) is 9.80 Å². The number of ether oxygens (including phenoxy) is 3. The molecule has 0 amide bonds. The van der Waals surface area contributed by atoms with Gasteiger partial charge in [0.2, 0.25) is 0 Å². The highest BCUT2D eigenvalue weighted by molar-refractivity contribution is 7.99. The van der Waals surface area contributed by atoms with Crippen molar-refractivity contribution in [3.63, 3.8) is 0 Å². The maximum absolute atomic E-state index is 6.38. The average Bonchev–Trinajstić information content (AvgIpc) is 3.64. The molecule has 176 valence electrons. The van der Waals surface area contributed by atoms with E-state index in [-0.39, 0.29) is 17.3 Å². The third kappa shape index (κ3) is 4.50. The number of epoxide rings is 2. The minimum Gasteiger partial charge on any atom is -0.379 e. The van der Waals surface area contributed by atoms with Crippen molar-refractivity contribution in [3.05, 3.63) is 11.6 Å². The summed E-state index contributed by atoms with van der Waals surface area (Å²) in [5.41, 5.74) is 1.26. The molecule has 0 radical (unpaired) electrons. The van der Waals surface area contributed by atoms with Gasteiger partial charge in [0, 0.05) is 56.8 Å². The predicted octanol–water partition coefficient (Wildman–Crippen LogP) is 3.43. The molecule has 5 rings (SSSR count). The number of nitrogens with zero attached hydrogens (tertiary/aromatic N) is 2. The Bertz CT molecular complexity index is 668. The molecule has 0 unspecified atom stereocenters. The van der Waals surface area contributed by atoms with Crippen LogP contribution in [0.25, 0.3) is 0 Å². The van der Waals surface area contributed by atoms with Gasteiger partial charge >= 0.3 is 0 Å². The maximum Gasteiger partial charge on any atom is 0.101 e. The molecule has 0 aromatic carbocycles. The van der Waals surface area contributed by atoms with Crippen molar-refractivity contribution >= 4 is 11.8 Å². The summed E-state index contributed by atoms with van der Waals surface area (Å²) >= 11 is 2.10. The summed E-state index contributed by atoms with van der Waals surface area (Å²) in [6, 6.07) is 0.512. The van der Waals surface area contributed by atoms with E-state index in [1.165, 1.54) is 62.6 Å². The average molecular weight is 451 g/mol. The molecule has 1 aliphatic carbocycles. The fraction of sp³-hybridized carbons (Fsp3) is 0.920. The van der Waals surface area contributed by atoms with Crippen LogP contribution < -0.4 is 0 Å². The Morgan fingerprint density at radius 3 is 2.61 bits per heavy atom. The Morgan fingerprint density at radius 1 is 1.23 bits per heavy atom. The zero-order chi connectivity index (χ0) is 21.6. The smallest absolute Gasteiger partial charge is 0.101 e. The molecule has 0 aromatic heterocycles. The van der Waals surface area contributed by atoms with Crippen molar-refractivity contribution in [3.8, 4) is 0 Å². The van der Waals surface area contributed by atoms with Crippen LogP contribution in [0.4, 0.5) is 0 Å². The molecular weight excluding hydrogens is 408 g/mol. The van der Waals surface area contributed by atoms with Gasteiger partial charge in [0.1, 0.15) is 5.60 Å². The van der Waals surface area contributed by atoms with E-state index in [0.29, 0.717) is 18.1 Å². The van der Waals surface area contributed by atoms with Crippen molar-refractivity contribution in [2.45, 2.75) is 75.9 Å². The summed E-state index contributed by atoms with van der Waals surface area (Å²) in [6.45, 7) is 13.9. The monoisotopic (exact) mass is 450 g/mol. The molecular formula is C25H42N2O3S. The van der Waals surface area contributed by atoms with E-state index in [1.54, 1.807) is 0 Å². The molecule has 5 fully saturated rings. The first-order valence-electron chi connectivity index (χ1n) is 12.5. The first-order chi connectivity index (χ1) is 14.9. The zero-order valence-electron chi connectivity index (χ0n) is 20.0. The van der Waals surface area contributed by atoms with Gasteiger partial charge < -0.3 is 19.1 Å². The number of rotatable bonds is 8. The normalized spacial score (nSPS) is 43.6. The van der Waals surface area contributed by atoms with Crippen LogP contribution in [0.5, 0.6) is 0 Å². The van der Waals surface area contributed by atoms with E-state index < -0.39 is 0 Å². The van der Waals surface area contributed by atoms with Crippen molar-refractivity contribution < 1.29 is 14.2 Å². The summed E-state index contributed by atoms with van der Waals surface area (Å²) in [5, 5.41) is 0. The molecule has 6 heteroatoms. The highest BCUT2D eigenvalue weighted by Crippen LogP contribution is 2.60. The molecule has 5 aliphatic rings. The standard InChI is InChI=1S/C25H42N2O3S/c1-18(2)5-6-21-24(3,30-21)23-22(28-4)20(7-9-25(23)17-29-25)27-15-19(16-27)8-10-26-11-13-31-14-12-26/h5,19-23H,6-17H2,1-4H3/t20-,21-,22-,23-,24+,25+/m1/s1. The number of allylic oxidation sites excluding steroid dienone is 1. The lowest BCUT2D eigenvalue weighted by Crippen LogP contribution is -2.64. The lowest BCUT2D eigenvalue weighted by atomic mass is 9.66. The fourth-order valence-electron chi connectivity index (χ4n) is 6.61. The Labute approximate surface area is 193 Å². The second-order valence-electron chi connectivity index (χ2n) is 11.0. The van der Waals surface area contributed by atoms with Crippen molar-refractivity contribution in [1.29, 1.82) is 0 Å². The number of hydrogen-bond acceptors (Lipinski definition) is 6. The second kappa shape index (κ2) is 8.92. The van der Waals surface area contributed by atoms with E-state index in [9.17, 15) is 0 Å². The van der Waals surface area contributed by atoms with Crippen LogP contribution in [0.3, 0.4) is 0 Å². The van der Waals surface area contributed by atoms with Gasteiger partial charge in [0.15, 0.2) is 0 Å². The summed E-state index contributed by atoms with van der Waals surface area (Å²) in [5.74, 6) is 3.82. The zero-order valence-corrected chi connectivity index (χ0v) is 20.8. The molecule has 1 spiro atoms. The topological polar surface area (TPSA) is 40.8 Å². The minimum atomic E-state index is -0.113. The third-order valence-corrected chi connectivity index (χ3v) is 9.62. The number of methoxy groups -OCH3 is 1. The summed E-state index contributed by atoms with van der Waals surface area (Å²) in [6.07, 6.45) is 7.54. The van der Waals surface area contributed by atoms with Crippen LogP contribution in [0.2, 0.25) is 0 Å². The highest BCUT2D eigenvalue weighted by atomic mass is 32.2. The van der Waals surface area contributed by atoms with Crippen molar-refractivity contribution in [2.75, 3.05) is 57.9 Å². The predicted molar refractivity (Wildman–Crippen MR) is 127 cm³/mol. The van der Waals surface area contributed by atoms with Gasteiger partial charge in [-0.05, 0) is 58.9 Å². The van der Waals surface area contributed by atoms with Gasteiger partial charge in [-0.15, -0.1) is 0 Å². The Kier molecular flexibility index (Phi) is 6.52. The Morgan fingerprint density at radius 2 is 1.97 bits per heavy atom. The van der Waals surface area contributed by atoms with E-state index in [4.69, 9.17) is 14.2 Å². The first kappa shape index (κ1) is 22.7. The first-order valence-corrected chi connectivity index (χ1v) is 13.6. The van der Waals surface area contributed by atoms with Gasteiger partial charge in [-0.1, -0.05) is 11.6 Å². The van der Waals surface area contributed by atoms with Crippen molar-refractivity contribution in [2.24, 2.45) is 11.8 Å². The lowest BCUT2D eigenvalue weighted by molar-refractivity contribution is -0.119. The van der Waals surface area contributed by atoms with Crippen LogP contribution >= 0.6 is 11.8 Å². The largest absolute Gasteiger partial charge is 0.379 e. The van der Waals surface area contributed by atoms with Crippen LogP contribution in [-0.4, -0.2) is 97.2 Å². The molecule has 6 atom stereocenters. The van der Waals surface area contributed by atoms with Gasteiger partial charge in [0.25, 0.3) is 0 Å². The van der Waals surface area contributed by atoms with Crippen LogP contribution in [0.15, 0.2) is 11.6 Å². The summed E-state index contributed by atoms with van der Waals surface area (Å²) in [4.78, 5) is 5.38. The molecule has 4 saturated heterocycles. The molecule has 0 bridgehead atoms. The molecule has 1 saturated carbocycles. The van der Waals surface area contributed by atoms with Gasteiger partial charge in [-0.3, -0.25) is 4.90 Å². The lowest BCUT2D eigenvalue weighted by Gasteiger charge is -2.52. The third-order valence-electron chi connectivity index (χ3n) is 8.67. The Balaban J connectivity index is 1.19. The van der Waals surface area contributed by atoms with E-state index in [2.05, 4.69) is 48.4 Å².